The van der Waals surface area contributed by atoms with Crippen molar-refractivity contribution in [2.24, 2.45) is 0 Å². The average Bonchev–Trinajstić information content (AvgIpc) is 3.16. The number of rotatable bonds is 8. The summed E-state index contributed by atoms with van der Waals surface area (Å²) in [6, 6.07) is 11.5. The summed E-state index contributed by atoms with van der Waals surface area (Å²) < 4.78 is 34.0. The van der Waals surface area contributed by atoms with Crippen LogP contribution in [0.1, 0.15) is 23.0 Å². The summed E-state index contributed by atoms with van der Waals surface area (Å²) in [4.78, 5) is 25.8. The minimum Gasteiger partial charge on any atom is -0.495 e. The van der Waals surface area contributed by atoms with Crippen LogP contribution in [-0.4, -0.2) is 45.9 Å². The Labute approximate surface area is 180 Å². The number of amides is 2. The van der Waals surface area contributed by atoms with Crippen LogP contribution in [0.5, 0.6) is 5.75 Å². The van der Waals surface area contributed by atoms with Gasteiger partial charge in [0.05, 0.1) is 7.11 Å². The van der Waals surface area contributed by atoms with E-state index in [-0.39, 0.29) is 22.5 Å². The average molecular weight is 445 g/mol. The van der Waals surface area contributed by atoms with Gasteiger partial charge in [-0.25, -0.2) is 8.42 Å². The fourth-order valence-corrected chi connectivity index (χ4v) is 4.40. The number of aromatic nitrogens is 1. The van der Waals surface area contributed by atoms with Gasteiger partial charge in [0.25, 0.3) is 15.9 Å². The van der Waals surface area contributed by atoms with E-state index < -0.39 is 10.0 Å². The largest absolute Gasteiger partial charge is 0.495 e. The summed E-state index contributed by atoms with van der Waals surface area (Å²) in [5.74, 6) is -0.206. The molecule has 1 aromatic heterocycles. The molecular formula is C21H24N4O5S. The molecule has 164 valence electrons. The number of benzene rings is 2. The Morgan fingerprint density at radius 2 is 1.87 bits per heavy atom. The summed E-state index contributed by atoms with van der Waals surface area (Å²) in [7, 11) is -1.02. The smallest absolute Gasteiger partial charge is 0.267 e. The topological polar surface area (TPSA) is 129 Å². The molecule has 4 N–H and O–H groups in total. The van der Waals surface area contributed by atoms with Crippen LogP contribution in [0, 0.1) is 0 Å². The van der Waals surface area contributed by atoms with Gasteiger partial charge in [-0.3, -0.25) is 14.3 Å². The third-order valence-corrected chi connectivity index (χ3v) is 6.05. The van der Waals surface area contributed by atoms with Crippen LogP contribution in [0.2, 0.25) is 0 Å². The first-order valence-corrected chi connectivity index (χ1v) is 11.0. The molecule has 0 radical (unpaired) electrons. The van der Waals surface area contributed by atoms with Gasteiger partial charge in [0.2, 0.25) is 5.91 Å². The molecule has 2 aromatic carbocycles. The minimum atomic E-state index is -3.95. The zero-order valence-corrected chi connectivity index (χ0v) is 18.2. The lowest BCUT2D eigenvalue weighted by Crippen LogP contribution is -2.22. The van der Waals surface area contributed by atoms with Crippen molar-refractivity contribution < 1.29 is 22.7 Å². The third-order valence-electron chi connectivity index (χ3n) is 4.65. The van der Waals surface area contributed by atoms with E-state index in [1.165, 1.54) is 27.1 Å². The van der Waals surface area contributed by atoms with Crippen LogP contribution in [-0.2, 0) is 21.2 Å². The van der Waals surface area contributed by atoms with Crippen molar-refractivity contribution >= 4 is 38.4 Å². The van der Waals surface area contributed by atoms with Crippen molar-refractivity contribution in [3.05, 3.63) is 53.7 Å². The molecule has 3 rings (SSSR count). The lowest BCUT2D eigenvalue weighted by molar-refractivity contribution is -0.118. The van der Waals surface area contributed by atoms with E-state index in [2.05, 4.69) is 20.3 Å². The maximum atomic E-state index is 13.1. The summed E-state index contributed by atoms with van der Waals surface area (Å²) >= 11 is 0. The minimum absolute atomic E-state index is 0.00413. The van der Waals surface area contributed by atoms with Gasteiger partial charge in [-0.05, 0) is 48.4 Å². The summed E-state index contributed by atoms with van der Waals surface area (Å²) in [6.45, 7) is 1.82. The first-order valence-electron chi connectivity index (χ1n) is 9.52. The number of methoxy groups -OCH3 is 1. The number of hydrogen-bond donors (Lipinski definition) is 4. The Kier molecular flexibility index (Phi) is 6.50. The van der Waals surface area contributed by atoms with Gasteiger partial charge in [-0.1, -0.05) is 6.07 Å². The highest BCUT2D eigenvalue weighted by molar-refractivity contribution is 7.92. The summed E-state index contributed by atoms with van der Waals surface area (Å²) in [5, 5.41) is 5.91. The van der Waals surface area contributed by atoms with E-state index in [9.17, 15) is 18.0 Å². The standard InChI is InChI=1S/C21H24N4O5S/c1-13(26)23-9-8-14-4-7-19(30-3)20(10-14)31(28,29)25-16-5-6-17-15(11-16)12-18(24-17)21(27)22-2/h4-7,10-12,24-25H,8-9H2,1-3H3,(H,22,27)(H,23,26). The van der Waals surface area contributed by atoms with E-state index in [4.69, 9.17) is 4.74 Å². The number of fused-ring (bicyclic) bond motifs is 1. The molecule has 31 heavy (non-hydrogen) atoms. The van der Waals surface area contributed by atoms with Gasteiger partial charge in [-0.2, -0.15) is 0 Å². The Morgan fingerprint density at radius 1 is 1.10 bits per heavy atom. The molecular weight excluding hydrogens is 420 g/mol. The molecule has 0 aliphatic rings. The fraction of sp³-hybridized carbons (Fsp3) is 0.238. The van der Waals surface area contributed by atoms with Crippen LogP contribution in [0.4, 0.5) is 5.69 Å². The molecule has 0 fully saturated rings. The fourth-order valence-electron chi connectivity index (χ4n) is 3.13. The van der Waals surface area contributed by atoms with Crippen LogP contribution in [0.25, 0.3) is 10.9 Å². The van der Waals surface area contributed by atoms with Crippen molar-refractivity contribution in [1.82, 2.24) is 15.6 Å². The Morgan fingerprint density at radius 3 is 2.55 bits per heavy atom. The quantitative estimate of drug-likeness (QED) is 0.422. The first kappa shape index (κ1) is 22.2. The third kappa shape index (κ3) is 5.15. The number of carbonyl (C=O) groups excluding carboxylic acids is 2. The second-order valence-corrected chi connectivity index (χ2v) is 8.54. The normalized spacial score (nSPS) is 11.2. The number of sulfonamides is 1. The highest BCUT2D eigenvalue weighted by atomic mass is 32.2. The molecule has 0 aliphatic carbocycles. The molecule has 0 unspecified atom stereocenters. The number of carbonyl (C=O) groups is 2. The monoisotopic (exact) mass is 444 g/mol. The summed E-state index contributed by atoms with van der Waals surface area (Å²) in [6.07, 6.45) is 0.476. The van der Waals surface area contributed by atoms with Crippen LogP contribution >= 0.6 is 0 Å². The number of nitrogens with one attached hydrogen (secondary N) is 4. The molecule has 0 aliphatic heterocycles. The lowest BCUT2D eigenvalue weighted by Gasteiger charge is -2.13. The Bertz CT molecular complexity index is 1230. The van der Waals surface area contributed by atoms with Crippen LogP contribution < -0.4 is 20.1 Å². The highest BCUT2D eigenvalue weighted by Gasteiger charge is 2.21. The van der Waals surface area contributed by atoms with Crippen molar-refractivity contribution in [3.8, 4) is 5.75 Å². The second-order valence-electron chi connectivity index (χ2n) is 6.89. The number of ether oxygens (including phenoxy) is 1. The highest BCUT2D eigenvalue weighted by Crippen LogP contribution is 2.28. The van der Waals surface area contributed by atoms with Gasteiger partial charge >= 0.3 is 0 Å². The van der Waals surface area contributed by atoms with Gasteiger partial charge in [0.1, 0.15) is 16.3 Å². The van der Waals surface area contributed by atoms with Crippen molar-refractivity contribution in [2.45, 2.75) is 18.2 Å². The second kappa shape index (κ2) is 9.09. The Hall–Kier alpha value is -3.53. The van der Waals surface area contributed by atoms with Crippen LogP contribution in [0.3, 0.4) is 0 Å². The molecule has 0 spiro atoms. The Balaban J connectivity index is 1.88. The number of H-pyrrole nitrogens is 1. The van der Waals surface area contributed by atoms with Crippen molar-refractivity contribution in [2.75, 3.05) is 25.4 Å². The predicted octanol–water partition coefficient (Wildman–Crippen LogP) is 2.02. The van der Waals surface area contributed by atoms with E-state index in [0.717, 1.165) is 5.56 Å². The number of anilines is 1. The van der Waals surface area contributed by atoms with Gasteiger partial charge in [0, 0.05) is 37.1 Å². The lowest BCUT2D eigenvalue weighted by atomic mass is 10.1. The predicted molar refractivity (Wildman–Crippen MR) is 118 cm³/mol. The SMILES string of the molecule is CNC(=O)c1cc2cc(NS(=O)(=O)c3cc(CCNC(C)=O)ccc3OC)ccc2[nH]1. The van der Waals surface area contributed by atoms with Crippen molar-refractivity contribution in [3.63, 3.8) is 0 Å². The first-order chi connectivity index (χ1) is 14.7. The van der Waals surface area contributed by atoms with E-state index in [1.54, 1.807) is 36.4 Å². The molecule has 3 aromatic rings. The summed E-state index contributed by atoms with van der Waals surface area (Å²) in [5.41, 5.74) is 2.18. The van der Waals surface area contributed by atoms with Gasteiger partial charge in [0.15, 0.2) is 0 Å². The molecule has 1 heterocycles. The molecule has 10 heteroatoms. The van der Waals surface area contributed by atoms with Crippen molar-refractivity contribution in [1.29, 1.82) is 0 Å². The maximum Gasteiger partial charge on any atom is 0.267 e. The number of hydrogen-bond acceptors (Lipinski definition) is 5. The van der Waals surface area contributed by atoms with E-state index in [1.807, 2.05) is 0 Å². The molecule has 0 atom stereocenters. The van der Waals surface area contributed by atoms with Gasteiger partial charge < -0.3 is 20.4 Å². The van der Waals surface area contributed by atoms with E-state index in [0.29, 0.717) is 35.2 Å². The van der Waals surface area contributed by atoms with E-state index >= 15 is 0 Å². The van der Waals surface area contributed by atoms with Gasteiger partial charge in [-0.15, -0.1) is 0 Å². The molecule has 0 saturated heterocycles. The maximum absolute atomic E-state index is 13.1. The molecule has 9 nitrogen and oxygen atoms in total. The zero-order valence-electron chi connectivity index (χ0n) is 17.4. The molecule has 0 bridgehead atoms. The zero-order chi connectivity index (χ0) is 22.6. The number of aromatic amines is 1. The van der Waals surface area contributed by atoms with Crippen LogP contribution in [0.15, 0.2) is 47.4 Å². The molecule has 0 saturated carbocycles. The molecule has 2 amide bonds.